The van der Waals surface area contributed by atoms with Crippen LogP contribution in [0.25, 0.3) is 0 Å². The Hall–Kier alpha value is -1.32. The molecule has 4 heteroatoms. The Balaban J connectivity index is 3.42. The molecule has 1 aromatic rings. The summed E-state index contributed by atoms with van der Waals surface area (Å²) in [7, 11) is 0. The van der Waals surface area contributed by atoms with Crippen molar-refractivity contribution in [3.63, 3.8) is 0 Å². The van der Waals surface area contributed by atoms with Crippen molar-refractivity contribution in [1.82, 2.24) is 9.36 Å². The average molecular weight is 182 g/mol. The highest BCUT2D eigenvalue weighted by Gasteiger charge is 2.19. The van der Waals surface area contributed by atoms with E-state index in [1.807, 2.05) is 20.8 Å². The number of carbonyl (C=O) groups excluding carboxylic acids is 1. The SMILES string of the molecule is CC(=O)n1ccc(=O)n1C(C)(C)C. The molecule has 0 bridgehead atoms. The zero-order valence-corrected chi connectivity index (χ0v) is 8.37. The Morgan fingerprint density at radius 2 is 1.92 bits per heavy atom. The number of nitrogens with zero attached hydrogens (tertiary/aromatic N) is 2. The predicted molar refractivity (Wildman–Crippen MR) is 50.0 cm³/mol. The van der Waals surface area contributed by atoms with Crippen LogP contribution in [0.1, 0.15) is 32.5 Å². The lowest BCUT2D eigenvalue weighted by Crippen LogP contribution is -2.38. The van der Waals surface area contributed by atoms with Gasteiger partial charge in [-0.05, 0) is 20.8 Å². The molecule has 1 aromatic heterocycles. The van der Waals surface area contributed by atoms with E-state index in [2.05, 4.69) is 0 Å². The molecule has 0 aromatic carbocycles. The first-order valence-corrected chi connectivity index (χ1v) is 4.16. The van der Waals surface area contributed by atoms with E-state index in [-0.39, 0.29) is 17.0 Å². The second-order valence-corrected chi connectivity index (χ2v) is 4.00. The van der Waals surface area contributed by atoms with E-state index in [0.29, 0.717) is 0 Å². The minimum Gasteiger partial charge on any atom is -0.273 e. The molecule has 0 spiro atoms. The number of rotatable bonds is 0. The Bertz CT molecular complexity index is 379. The van der Waals surface area contributed by atoms with Gasteiger partial charge in [-0.2, -0.15) is 0 Å². The van der Waals surface area contributed by atoms with Crippen molar-refractivity contribution in [3.8, 4) is 0 Å². The van der Waals surface area contributed by atoms with Crippen LogP contribution in [0.2, 0.25) is 0 Å². The molecule has 0 aliphatic carbocycles. The molecule has 0 atom stereocenters. The third-order valence-corrected chi connectivity index (χ3v) is 1.74. The van der Waals surface area contributed by atoms with Crippen LogP contribution < -0.4 is 5.56 Å². The molecule has 0 fully saturated rings. The second kappa shape index (κ2) is 2.87. The first kappa shape index (κ1) is 9.77. The fourth-order valence-corrected chi connectivity index (χ4v) is 1.28. The van der Waals surface area contributed by atoms with E-state index in [4.69, 9.17) is 0 Å². The van der Waals surface area contributed by atoms with Crippen molar-refractivity contribution >= 4 is 5.91 Å². The molecular formula is C9H14N2O2. The minimum atomic E-state index is -0.369. The maximum Gasteiger partial charge on any atom is 0.267 e. The summed E-state index contributed by atoms with van der Waals surface area (Å²) in [5.74, 6) is -0.156. The Kier molecular flexibility index (Phi) is 2.15. The molecule has 1 heterocycles. The highest BCUT2D eigenvalue weighted by Crippen LogP contribution is 2.10. The van der Waals surface area contributed by atoms with Crippen molar-refractivity contribution < 1.29 is 4.79 Å². The summed E-state index contributed by atoms with van der Waals surface area (Å²) < 4.78 is 2.78. The fourth-order valence-electron chi connectivity index (χ4n) is 1.28. The van der Waals surface area contributed by atoms with Crippen LogP contribution in [0.3, 0.4) is 0 Å². The van der Waals surface area contributed by atoms with Gasteiger partial charge < -0.3 is 0 Å². The van der Waals surface area contributed by atoms with Crippen LogP contribution in [0, 0.1) is 0 Å². The van der Waals surface area contributed by atoms with Gasteiger partial charge >= 0.3 is 0 Å². The lowest BCUT2D eigenvalue weighted by molar-refractivity contribution is 0.0878. The molecule has 0 saturated heterocycles. The summed E-state index contributed by atoms with van der Waals surface area (Å²) in [6.07, 6.45) is 1.50. The van der Waals surface area contributed by atoms with Crippen molar-refractivity contribution in [1.29, 1.82) is 0 Å². The zero-order valence-electron chi connectivity index (χ0n) is 8.37. The summed E-state index contributed by atoms with van der Waals surface area (Å²) in [5.41, 5.74) is -0.519. The van der Waals surface area contributed by atoms with Crippen molar-refractivity contribution in [2.45, 2.75) is 33.2 Å². The summed E-state index contributed by atoms with van der Waals surface area (Å²) >= 11 is 0. The molecule has 13 heavy (non-hydrogen) atoms. The molecule has 0 unspecified atom stereocenters. The first-order chi connectivity index (χ1) is 5.84. The van der Waals surface area contributed by atoms with Gasteiger partial charge in [-0.25, -0.2) is 9.36 Å². The maximum atomic E-state index is 11.4. The number of carbonyl (C=O) groups is 1. The molecule has 0 N–H and O–H groups in total. The van der Waals surface area contributed by atoms with Gasteiger partial charge in [0.25, 0.3) is 5.56 Å². The molecule has 0 aliphatic heterocycles. The van der Waals surface area contributed by atoms with Gasteiger partial charge in [0.05, 0.1) is 5.54 Å². The first-order valence-electron chi connectivity index (χ1n) is 4.16. The summed E-state index contributed by atoms with van der Waals surface area (Å²) in [5, 5.41) is 0. The van der Waals surface area contributed by atoms with Crippen LogP contribution in [-0.2, 0) is 5.54 Å². The van der Waals surface area contributed by atoms with E-state index in [1.165, 1.54) is 28.6 Å². The molecule has 72 valence electrons. The quantitative estimate of drug-likeness (QED) is 0.602. The smallest absolute Gasteiger partial charge is 0.267 e. The third-order valence-electron chi connectivity index (χ3n) is 1.74. The van der Waals surface area contributed by atoms with Crippen LogP contribution in [0.5, 0.6) is 0 Å². The number of hydrogen-bond donors (Lipinski definition) is 0. The molecule has 0 amide bonds. The minimum absolute atomic E-state index is 0.150. The van der Waals surface area contributed by atoms with Gasteiger partial charge in [-0.1, -0.05) is 0 Å². The molecule has 4 nitrogen and oxygen atoms in total. The molecule has 0 aliphatic rings. The van der Waals surface area contributed by atoms with E-state index >= 15 is 0 Å². The normalized spacial score (nSPS) is 11.7. The van der Waals surface area contributed by atoms with E-state index in [1.54, 1.807) is 0 Å². The second-order valence-electron chi connectivity index (χ2n) is 4.00. The highest BCUT2D eigenvalue weighted by atomic mass is 16.2. The molecule has 0 radical (unpaired) electrons. The average Bonchev–Trinajstić information content (AvgIpc) is 2.28. The maximum absolute atomic E-state index is 11.4. The summed E-state index contributed by atoms with van der Waals surface area (Å²) in [4.78, 5) is 22.5. The standard InChI is InChI=1S/C9H14N2O2/c1-7(12)10-6-5-8(13)11(10)9(2,3)4/h5-6H,1-4H3. The molecule has 1 rings (SSSR count). The van der Waals surface area contributed by atoms with Crippen molar-refractivity contribution in [2.24, 2.45) is 0 Å². The van der Waals surface area contributed by atoms with Gasteiger partial charge in [0.15, 0.2) is 0 Å². The van der Waals surface area contributed by atoms with Crippen LogP contribution >= 0.6 is 0 Å². The monoisotopic (exact) mass is 182 g/mol. The Morgan fingerprint density at radius 1 is 1.38 bits per heavy atom. The summed E-state index contributed by atoms with van der Waals surface area (Å²) in [6.45, 7) is 7.08. The van der Waals surface area contributed by atoms with Gasteiger partial charge in [-0.15, -0.1) is 0 Å². The van der Waals surface area contributed by atoms with E-state index in [0.717, 1.165) is 0 Å². The van der Waals surface area contributed by atoms with Crippen LogP contribution in [-0.4, -0.2) is 15.3 Å². The zero-order chi connectivity index (χ0) is 10.2. The topological polar surface area (TPSA) is 44.0 Å². The van der Waals surface area contributed by atoms with E-state index < -0.39 is 0 Å². The lowest BCUT2D eigenvalue weighted by Gasteiger charge is -2.22. The highest BCUT2D eigenvalue weighted by molar-refractivity contribution is 5.75. The molecule has 0 saturated carbocycles. The predicted octanol–water partition coefficient (Wildman–Crippen LogP) is 1.06. The van der Waals surface area contributed by atoms with Gasteiger partial charge in [0.2, 0.25) is 5.91 Å². The third kappa shape index (κ3) is 1.71. The van der Waals surface area contributed by atoms with Gasteiger partial charge in [-0.3, -0.25) is 9.59 Å². The Labute approximate surface area is 76.8 Å². The van der Waals surface area contributed by atoms with Crippen molar-refractivity contribution in [3.05, 3.63) is 22.6 Å². The fraction of sp³-hybridized carbons (Fsp3) is 0.556. The van der Waals surface area contributed by atoms with Gasteiger partial charge in [0, 0.05) is 19.2 Å². The van der Waals surface area contributed by atoms with Crippen LogP contribution in [0.4, 0.5) is 0 Å². The van der Waals surface area contributed by atoms with Crippen LogP contribution in [0.15, 0.2) is 17.1 Å². The number of hydrogen-bond acceptors (Lipinski definition) is 2. The summed E-state index contributed by atoms with van der Waals surface area (Å²) in [6, 6.07) is 1.40. The van der Waals surface area contributed by atoms with Crippen molar-refractivity contribution in [2.75, 3.05) is 0 Å². The molecular weight excluding hydrogens is 168 g/mol. The lowest BCUT2D eigenvalue weighted by atomic mass is 10.1. The van der Waals surface area contributed by atoms with Gasteiger partial charge in [0.1, 0.15) is 0 Å². The van der Waals surface area contributed by atoms with E-state index in [9.17, 15) is 9.59 Å². The Morgan fingerprint density at radius 3 is 2.23 bits per heavy atom. The number of aromatic nitrogens is 2. The largest absolute Gasteiger partial charge is 0.273 e.